The van der Waals surface area contributed by atoms with E-state index in [1.54, 1.807) is 0 Å². The molecule has 110 valence electrons. The second-order valence-electron chi connectivity index (χ2n) is 5.55. The molecule has 1 aliphatic rings. The van der Waals surface area contributed by atoms with Gasteiger partial charge in [0.05, 0.1) is 11.1 Å². The topological polar surface area (TPSA) is 26.3 Å². The van der Waals surface area contributed by atoms with E-state index in [1.807, 2.05) is 18.2 Å². The molecular weight excluding hydrogens is 316 g/mol. The second-order valence-corrected chi connectivity index (χ2v) is 6.40. The van der Waals surface area contributed by atoms with E-state index in [9.17, 15) is 4.79 Å². The fourth-order valence-electron chi connectivity index (χ4n) is 2.76. The molecule has 2 rings (SSSR count). The molecule has 0 N–H and O–H groups in total. The van der Waals surface area contributed by atoms with Crippen LogP contribution in [-0.4, -0.2) is 12.4 Å². The van der Waals surface area contributed by atoms with Gasteiger partial charge < -0.3 is 4.74 Å². The van der Waals surface area contributed by atoms with Gasteiger partial charge in [0.15, 0.2) is 5.78 Å². The van der Waals surface area contributed by atoms with E-state index in [0.29, 0.717) is 12.4 Å². The highest BCUT2D eigenvalue weighted by Crippen LogP contribution is 2.30. The zero-order valence-electron chi connectivity index (χ0n) is 12.2. The Morgan fingerprint density at radius 1 is 1.25 bits per heavy atom. The van der Waals surface area contributed by atoms with Gasteiger partial charge in [0.1, 0.15) is 5.75 Å². The first-order valence-electron chi connectivity index (χ1n) is 7.69. The lowest BCUT2D eigenvalue weighted by Gasteiger charge is -2.14. The van der Waals surface area contributed by atoms with Crippen LogP contribution in [0, 0.1) is 5.92 Å². The third-order valence-corrected chi connectivity index (χ3v) is 4.52. The summed E-state index contributed by atoms with van der Waals surface area (Å²) < 4.78 is 6.51. The molecule has 0 aliphatic heterocycles. The van der Waals surface area contributed by atoms with Crippen molar-refractivity contribution >= 4 is 21.7 Å². The van der Waals surface area contributed by atoms with E-state index in [-0.39, 0.29) is 5.92 Å². The molecule has 1 aromatic rings. The Morgan fingerprint density at radius 3 is 2.55 bits per heavy atom. The molecule has 1 aliphatic carbocycles. The molecule has 0 spiro atoms. The van der Waals surface area contributed by atoms with E-state index in [0.717, 1.165) is 35.0 Å². The summed E-state index contributed by atoms with van der Waals surface area (Å²) in [4.78, 5) is 12.6. The summed E-state index contributed by atoms with van der Waals surface area (Å²) >= 11 is 3.51. The monoisotopic (exact) mass is 338 g/mol. The molecular formula is C17H23BrO2. The van der Waals surface area contributed by atoms with Gasteiger partial charge in [-0.2, -0.15) is 0 Å². The first-order valence-corrected chi connectivity index (χ1v) is 8.48. The molecule has 1 fully saturated rings. The molecule has 0 unspecified atom stereocenters. The van der Waals surface area contributed by atoms with Crippen LogP contribution < -0.4 is 4.74 Å². The average molecular weight is 339 g/mol. The van der Waals surface area contributed by atoms with Gasteiger partial charge in [0.25, 0.3) is 0 Å². The van der Waals surface area contributed by atoms with E-state index in [4.69, 9.17) is 4.74 Å². The van der Waals surface area contributed by atoms with Crippen molar-refractivity contribution in [2.75, 3.05) is 6.61 Å². The fraction of sp³-hybridized carbons (Fsp3) is 0.588. The summed E-state index contributed by atoms with van der Waals surface area (Å²) in [5.74, 6) is 1.34. The van der Waals surface area contributed by atoms with Crippen LogP contribution in [0.4, 0.5) is 0 Å². The number of ether oxygens (including phenoxy) is 1. The Morgan fingerprint density at radius 2 is 1.95 bits per heavy atom. The minimum absolute atomic E-state index is 0.215. The van der Waals surface area contributed by atoms with Crippen molar-refractivity contribution in [1.29, 1.82) is 0 Å². The van der Waals surface area contributed by atoms with Gasteiger partial charge >= 0.3 is 0 Å². The highest BCUT2D eigenvalue weighted by Gasteiger charge is 2.21. The van der Waals surface area contributed by atoms with Crippen molar-refractivity contribution < 1.29 is 9.53 Å². The summed E-state index contributed by atoms with van der Waals surface area (Å²) in [5.41, 5.74) is 0.813. The summed E-state index contributed by atoms with van der Waals surface area (Å²) in [7, 11) is 0. The lowest BCUT2D eigenvalue weighted by atomic mass is 9.91. The minimum Gasteiger partial charge on any atom is -0.492 e. The second kappa shape index (κ2) is 7.82. The van der Waals surface area contributed by atoms with Crippen molar-refractivity contribution in [2.45, 2.75) is 51.9 Å². The zero-order chi connectivity index (χ0) is 14.4. The third kappa shape index (κ3) is 4.08. The maximum Gasteiger partial charge on any atom is 0.165 e. The third-order valence-electron chi connectivity index (χ3n) is 3.90. The molecule has 0 radical (unpaired) electrons. The molecule has 0 saturated heterocycles. The summed E-state index contributed by atoms with van der Waals surface area (Å²) in [6.45, 7) is 2.78. The van der Waals surface area contributed by atoms with Crippen LogP contribution >= 0.6 is 15.9 Å². The number of rotatable bonds is 5. The van der Waals surface area contributed by atoms with Crippen LogP contribution in [0.25, 0.3) is 0 Å². The zero-order valence-corrected chi connectivity index (χ0v) is 13.7. The van der Waals surface area contributed by atoms with Gasteiger partial charge in [-0.1, -0.05) is 32.6 Å². The normalized spacial score (nSPS) is 16.7. The molecule has 0 amide bonds. The highest BCUT2D eigenvalue weighted by atomic mass is 79.9. The van der Waals surface area contributed by atoms with E-state index in [2.05, 4.69) is 22.9 Å². The molecule has 20 heavy (non-hydrogen) atoms. The summed E-state index contributed by atoms with van der Waals surface area (Å²) in [6.07, 6.45) is 8.00. The highest BCUT2D eigenvalue weighted by molar-refractivity contribution is 9.10. The molecule has 3 heteroatoms. The van der Waals surface area contributed by atoms with Crippen LogP contribution in [0.1, 0.15) is 62.2 Å². The van der Waals surface area contributed by atoms with Crippen molar-refractivity contribution in [3.05, 3.63) is 28.2 Å². The van der Waals surface area contributed by atoms with Gasteiger partial charge in [-0.25, -0.2) is 0 Å². The largest absolute Gasteiger partial charge is 0.492 e. The first-order chi connectivity index (χ1) is 9.72. The molecule has 0 aromatic heterocycles. The average Bonchev–Trinajstić information content (AvgIpc) is 2.74. The molecule has 0 heterocycles. The van der Waals surface area contributed by atoms with Gasteiger partial charge in [-0.3, -0.25) is 4.79 Å². The lowest BCUT2D eigenvalue weighted by Crippen LogP contribution is -2.14. The Balaban J connectivity index is 2.07. The molecule has 0 atom stereocenters. The summed E-state index contributed by atoms with van der Waals surface area (Å²) in [6, 6.07) is 5.73. The van der Waals surface area contributed by atoms with Crippen LogP contribution in [0.15, 0.2) is 22.7 Å². The molecule has 1 aromatic carbocycles. The number of benzene rings is 1. The first kappa shape index (κ1) is 15.6. The smallest absolute Gasteiger partial charge is 0.165 e. The minimum atomic E-state index is 0.215. The number of Topliss-reactive ketones (excluding diaryl/α,β-unsaturated/α-hetero) is 1. The SMILES string of the molecule is CCCOc1ccc(C(=O)C2CCCCCC2)cc1Br. The predicted octanol–water partition coefficient (Wildman–Crippen LogP) is 5.39. The molecule has 0 bridgehead atoms. The van der Waals surface area contributed by atoms with Crippen molar-refractivity contribution in [2.24, 2.45) is 5.92 Å². The van der Waals surface area contributed by atoms with Gasteiger partial charge in [0.2, 0.25) is 0 Å². The predicted molar refractivity (Wildman–Crippen MR) is 85.5 cm³/mol. The Hall–Kier alpha value is -0.830. The van der Waals surface area contributed by atoms with Crippen LogP contribution in [0.3, 0.4) is 0 Å². The van der Waals surface area contributed by atoms with E-state index in [1.165, 1.54) is 25.7 Å². The van der Waals surface area contributed by atoms with Crippen molar-refractivity contribution in [1.82, 2.24) is 0 Å². The Kier molecular flexibility index (Phi) is 6.08. The van der Waals surface area contributed by atoms with Gasteiger partial charge in [-0.05, 0) is 53.4 Å². The number of ketones is 1. The van der Waals surface area contributed by atoms with Crippen LogP contribution in [0.2, 0.25) is 0 Å². The van der Waals surface area contributed by atoms with Crippen LogP contribution in [-0.2, 0) is 0 Å². The Bertz CT molecular complexity index is 448. The van der Waals surface area contributed by atoms with Crippen molar-refractivity contribution in [3.63, 3.8) is 0 Å². The Labute approximate surface area is 130 Å². The number of hydrogen-bond acceptors (Lipinski definition) is 2. The van der Waals surface area contributed by atoms with Gasteiger partial charge in [-0.15, -0.1) is 0 Å². The maximum absolute atomic E-state index is 12.6. The van der Waals surface area contributed by atoms with Crippen molar-refractivity contribution in [3.8, 4) is 5.75 Å². The van der Waals surface area contributed by atoms with E-state index < -0.39 is 0 Å². The lowest BCUT2D eigenvalue weighted by molar-refractivity contribution is 0.0908. The number of halogens is 1. The molecule has 2 nitrogen and oxygen atoms in total. The molecule has 1 saturated carbocycles. The van der Waals surface area contributed by atoms with Crippen LogP contribution in [0.5, 0.6) is 5.75 Å². The number of carbonyl (C=O) groups excluding carboxylic acids is 1. The van der Waals surface area contributed by atoms with E-state index >= 15 is 0 Å². The number of carbonyl (C=O) groups is 1. The standard InChI is InChI=1S/C17H23BrO2/c1-2-11-20-16-10-9-14(12-15(16)18)17(19)13-7-5-3-4-6-8-13/h9-10,12-13H,2-8,11H2,1H3. The maximum atomic E-state index is 12.6. The quantitative estimate of drug-likeness (QED) is 0.531. The fourth-order valence-corrected chi connectivity index (χ4v) is 3.25. The van der Waals surface area contributed by atoms with Gasteiger partial charge in [0, 0.05) is 11.5 Å². The number of hydrogen-bond donors (Lipinski definition) is 0. The summed E-state index contributed by atoms with van der Waals surface area (Å²) in [5, 5.41) is 0.